The molecule has 1 nitrogen and oxygen atoms in total. The highest BCUT2D eigenvalue weighted by molar-refractivity contribution is 14.1. The van der Waals surface area contributed by atoms with Crippen LogP contribution in [0, 0.1) is 14.2 Å². The van der Waals surface area contributed by atoms with Gasteiger partial charge in [-0.25, -0.2) is 0 Å². The van der Waals surface area contributed by atoms with Crippen molar-refractivity contribution in [3.8, 4) is 6.07 Å². The van der Waals surface area contributed by atoms with Crippen LogP contribution in [0.3, 0.4) is 0 Å². The maximum atomic E-state index is 8.85. The highest BCUT2D eigenvalue weighted by atomic mass is 127. The molecule has 0 unspecified atom stereocenters. The minimum absolute atomic E-state index is 0.701. The Morgan fingerprint density at radius 1 is 1.46 bits per heavy atom. The second-order valence-corrected chi connectivity index (χ2v) is 5.69. The zero-order chi connectivity index (χ0) is 9.42. The van der Waals surface area contributed by atoms with Crippen molar-refractivity contribution in [3.63, 3.8) is 0 Å². The highest BCUT2D eigenvalue weighted by Gasteiger charge is 2.10. The summed E-state index contributed by atoms with van der Waals surface area (Å²) in [5.41, 5.74) is 0.701. The van der Waals surface area contributed by atoms with E-state index in [-0.39, 0.29) is 0 Å². The van der Waals surface area contributed by atoms with Gasteiger partial charge in [0.05, 0.1) is 18.2 Å². The molecule has 0 aliphatic rings. The van der Waals surface area contributed by atoms with Crippen LogP contribution in [-0.4, -0.2) is 0 Å². The third kappa shape index (κ3) is 1.43. The summed E-state index contributed by atoms with van der Waals surface area (Å²) in [6.07, 6.45) is 0. The summed E-state index contributed by atoms with van der Waals surface area (Å²) in [6.45, 7) is 0. The normalized spacial score (nSPS) is 10.2. The van der Waals surface area contributed by atoms with E-state index in [1.807, 2.05) is 18.2 Å². The van der Waals surface area contributed by atoms with Crippen LogP contribution >= 0.6 is 45.5 Å². The van der Waals surface area contributed by atoms with Gasteiger partial charge in [-0.2, -0.15) is 5.26 Å². The maximum Gasteiger partial charge on any atom is 0.101 e. The first-order chi connectivity index (χ1) is 6.24. The van der Waals surface area contributed by atoms with Gasteiger partial charge in [0.1, 0.15) is 6.07 Å². The number of rotatable bonds is 0. The lowest BCUT2D eigenvalue weighted by Gasteiger charge is -1.90. The molecule has 0 amide bonds. The summed E-state index contributed by atoms with van der Waals surface area (Å²) in [6, 6.07) is 7.77. The summed E-state index contributed by atoms with van der Waals surface area (Å²) in [4.78, 5) is 0. The van der Waals surface area contributed by atoms with Crippen LogP contribution in [0.15, 0.2) is 18.2 Å². The minimum atomic E-state index is 0.701. The second-order valence-electron chi connectivity index (χ2n) is 2.48. The molecule has 0 aliphatic heterocycles. The van der Waals surface area contributed by atoms with Crippen molar-refractivity contribution < 1.29 is 0 Å². The van der Waals surface area contributed by atoms with Gasteiger partial charge in [0.2, 0.25) is 0 Å². The number of hydrogen-bond acceptors (Lipinski definition) is 2. The van der Waals surface area contributed by atoms with E-state index in [4.69, 9.17) is 16.9 Å². The van der Waals surface area contributed by atoms with Crippen molar-refractivity contribution in [2.45, 2.75) is 0 Å². The fraction of sp³-hybridized carbons (Fsp3) is 0. The van der Waals surface area contributed by atoms with Crippen LogP contribution in [0.4, 0.5) is 0 Å². The summed E-state index contributed by atoms with van der Waals surface area (Å²) in [7, 11) is 0. The Morgan fingerprint density at radius 2 is 2.23 bits per heavy atom. The molecule has 0 fully saturated rings. The topological polar surface area (TPSA) is 23.8 Å². The average molecular weight is 320 g/mol. The van der Waals surface area contributed by atoms with Crippen LogP contribution in [0.25, 0.3) is 10.1 Å². The lowest BCUT2D eigenvalue weighted by atomic mass is 10.2. The van der Waals surface area contributed by atoms with Gasteiger partial charge >= 0.3 is 0 Å². The molecule has 4 heteroatoms. The lowest BCUT2D eigenvalue weighted by molar-refractivity contribution is 1.51. The Bertz CT molecular complexity index is 512. The fourth-order valence-corrected chi connectivity index (χ4v) is 3.31. The minimum Gasteiger partial charge on any atom is -0.192 e. The molecule has 0 N–H and O–H groups in total. The molecule has 0 aliphatic carbocycles. The SMILES string of the molecule is N#Cc1cccc2c(Cl)c(I)sc12. The van der Waals surface area contributed by atoms with E-state index in [1.165, 1.54) is 0 Å². The molecule has 0 radical (unpaired) electrons. The third-order valence-electron chi connectivity index (χ3n) is 1.74. The Morgan fingerprint density at radius 3 is 2.92 bits per heavy atom. The number of fused-ring (bicyclic) bond motifs is 1. The predicted molar refractivity (Wildman–Crippen MR) is 64.3 cm³/mol. The molecule has 0 spiro atoms. The van der Waals surface area contributed by atoms with Crippen LogP contribution in [0.5, 0.6) is 0 Å². The largest absolute Gasteiger partial charge is 0.192 e. The van der Waals surface area contributed by atoms with Crippen LogP contribution < -0.4 is 0 Å². The van der Waals surface area contributed by atoms with Gasteiger partial charge in [-0.15, -0.1) is 11.3 Å². The molecule has 0 saturated heterocycles. The van der Waals surface area contributed by atoms with Crippen molar-refractivity contribution in [1.29, 1.82) is 5.26 Å². The Labute approximate surface area is 98.1 Å². The van der Waals surface area contributed by atoms with E-state index in [9.17, 15) is 0 Å². The van der Waals surface area contributed by atoms with Gasteiger partial charge in [0.25, 0.3) is 0 Å². The molecule has 1 aromatic heterocycles. The summed E-state index contributed by atoms with van der Waals surface area (Å²) >= 11 is 9.81. The number of nitrogens with zero attached hydrogens (tertiary/aromatic N) is 1. The number of benzene rings is 1. The Balaban J connectivity index is 2.95. The van der Waals surface area contributed by atoms with Gasteiger partial charge < -0.3 is 0 Å². The Hall–Kier alpha value is -0.310. The van der Waals surface area contributed by atoms with E-state index in [0.717, 1.165) is 18.0 Å². The molecule has 1 aromatic carbocycles. The fourth-order valence-electron chi connectivity index (χ4n) is 1.15. The molecule has 0 saturated carbocycles. The van der Waals surface area contributed by atoms with Crippen LogP contribution in [0.1, 0.15) is 5.56 Å². The summed E-state index contributed by atoms with van der Waals surface area (Å²) < 4.78 is 2.02. The summed E-state index contributed by atoms with van der Waals surface area (Å²) in [5.74, 6) is 0. The standard InChI is InChI=1S/C9H3ClINS/c10-7-6-3-1-2-5(4-12)8(6)13-9(7)11/h1-3H. The average Bonchev–Trinajstić information content (AvgIpc) is 2.43. The smallest absolute Gasteiger partial charge is 0.101 e. The molecule has 2 rings (SSSR count). The van der Waals surface area contributed by atoms with Crippen molar-refractivity contribution in [2.75, 3.05) is 0 Å². The highest BCUT2D eigenvalue weighted by Crippen LogP contribution is 2.37. The molecule has 2 aromatic rings. The molecular weight excluding hydrogens is 317 g/mol. The number of thiophene rings is 1. The molecule has 64 valence electrons. The first kappa shape index (κ1) is 9.25. The van der Waals surface area contributed by atoms with E-state index in [2.05, 4.69) is 28.7 Å². The van der Waals surface area contributed by atoms with Gasteiger partial charge in [-0.3, -0.25) is 0 Å². The monoisotopic (exact) mass is 319 g/mol. The van der Waals surface area contributed by atoms with E-state index < -0.39 is 0 Å². The Kier molecular flexibility index (Phi) is 2.45. The van der Waals surface area contributed by atoms with Crippen molar-refractivity contribution in [3.05, 3.63) is 31.7 Å². The molecule has 13 heavy (non-hydrogen) atoms. The molecule has 0 bridgehead atoms. The van der Waals surface area contributed by atoms with Gasteiger partial charge in [0, 0.05) is 5.39 Å². The first-order valence-corrected chi connectivity index (χ1v) is 5.78. The van der Waals surface area contributed by atoms with Crippen molar-refractivity contribution in [1.82, 2.24) is 0 Å². The first-order valence-electron chi connectivity index (χ1n) is 3.50. The lowest BCUT2D eigenvalue weighted by Crippen LogP contribution is -1.71. The predicted octanol–water partition coefficient (Wildman–Crippen LogP) is 4.03. The quantitative estimate of drug-likeness (QED) is 0.673. The zero-order valence-corrected chi connectivity index (χ0v) is 10.1. The second kappa shape index (κ2) is 3.45. The van der Waals surface area contributed by atoms with Gasteiger partial charge in [0.15, 0.2) is 0 Å². The zero-order valence-electron chi connectivity index (χ0n) is 6.34. The summed E-state index contributed by atoms with van der Waals surface area (Å²) in [5, 5.41) is 10.6. The maximum absolute atomic E-state index is 8.85. The van der Waals surface area contributed by atoms with Crippen LogP contribution in [0.2, 0.25) is 5.02 Å². The molecule has 1 heterocycles. The van der Waals surface area contributed by atoms with Crippen molar-refractivity contribution in [2.24, 2.45) is 0 Å². The van der Waals surface area contributed by atoms with Gasteiger partial charge in [-0.05, 0) is 28.7 Å². The number of hydrogen-bond donors (Lipinski definition) is 0. The van der Waals surface area contributed by atoms with E-state index in [0.29, 0.717) is 5.56 Å². The number of halogens is 2. The van der Waals surface area contributed by atoms with Gasteiger partial charge in [-0.1, -0.05) is 23.7 Å². The number of nitriles is 1. The van der Waals surface area contributed by atoms with Crippen LogP contribution in [-0.2, 0) is 0 Å². The van der Waals surface area contributed by atoms with E-state index in [1.54, 1.807) is 11.3 Å². The molecule has 0 atom stereocenters. The third-order valence-corrected chi connectivity index (χ3v) is 4.79. The van der Waals surface area contributed by atoms with E-state index >= 15 is 0 Å². The molecular formula is C9H3ClINS. The van der Waals surface area contributed by atoms with Crippen molar-refractivity contribution >= 4 is 55.6 Å².